The maximum Gasteiger partial charge on any atom is 0.119 e. The van der Waals surface area contributed by atoms with Gasteiger partial charge in [-0.3, -0.25) is 0 Å². The molecule has 0 unspecified atom stereocenters. The number of hydrogen-bond donors (Lipinski definition) is 1. The predicted molar refractivity (Wildman–Crippen MR) is 94.3 cm³/mol. The number of hydrogen-bond acceptors (Lipinski definition) is 4. The number of nitrogens with one attached hydrogen (secondary N) is 1. The zero-order valence-electron chi connectivity index (χ0n) is 13.9. The minimum Gasteiger partial charge on any atom is -0.491 e. The van der Waals surface area contributed by atoms with Gasteiger partial charge >= 0.3 is 0 Å². The molecule has 128 valence electrons. The van der Waals surface area contributed by atoms with Gasteiger partial charge in [-0.25, -0.2) is 0 Å². The van der Waals surface area contributed by atoms with Crippen molar-refractivity contribution in [1.29, 1.82) is 0 Å². The van der Waals surface area contributed by atoms with Gasteiger partial charge in [0, 0.05) is 13.1 Å². The fourth-order valence-electron chi connectivity index (χ4n) is 2.79. The molecule has 3 rings (SSSR count). The molecule has 0 aliphatic carbocycles. The Hall–Kier alpha value is -1.88. The van der Waals surface area contributed by atoms with E-state index in [1.165, 1.54) is 11.1 Å². The van der Waals surface area contributed by atoms with Gasteiger partial charge in [0.2, 0.25) is 0 Å². The monoisotopic (exact) mass is 327 g/mol. The summed E-state index contributed by atoms with van der Waals surface area (Å²) in [7, 11) is 0. The van der Waals surface area contributed by atoms with Crippen molar-refractivity contribution in [2.45, 2.75) is 19.1 Å². The molecule has 4 nitrogen and oxygen atoms in total. The van der Waals surface area contributed by atoms with Crippen molar-refractivity contribution in [2.75, 3.05) is 32.9 Å². The standard InChI is InChI=1S/C20H25NO3/c1-2-7-19(8-3-1)24-12-11-22-16-18-6-4-5-17(13-18)14-20-15-21-9-10-23-20/h1-8,13,20-21H,9-12,14-16H2/t20-/m1/s1. The summed E-state index contributed by atoms with van der Waals surface area (Å²) < 4.78 is 17.1. The lowest BCUT2D eigenvalue weighted by Gasteiger charge is -2.23. The van der Waals surface area contributed by atoms with Gasteiger partial charge in [-0.15, -0.1) is 0 Å². The van der Waals surface area contributed by atoms with Crippen molar-refractivity contribution in [1.82, 2.24) is 5.32 Å². The fraction of sp³-hybridized carbons (Fsp3) is 0.400. The molecule has 24 heavy (non-hydrogen) atoms. The highest BCUT2D eigenvalue weighted by molar-refractivity contribution is 5.24. The Morgan fingerprint density at radius 2 is 1.88 bits per heavy atom. The van der Waals surface area contributed by atoms with Crippen LogP contribution in [0.15, 0.2) is 54.6 Å². The van der Waals surface area contributed by atoms with E-state index in [2.05, 4.69) is 29.6 Å². The quantitative estimate of drug-likeness (QED) is 0.757. The summed E-state index contributed by atoms with van der Waals surface area (Å²) in [4.78, 5) is 0. The van der Waals surface area contributed by atoms with Gasteiger partial charge < -0.3 is 19.5 Å². The molecule has 1 N–H and O–H groups in total. The van der Waals surface area contributed by atoms with Crippen LogP contribution >= 0.6 is 0 Å². The van der Waals surface area contributed by atoms with Crippen molar-refractivity contribution < 1.29 is 14.2 Å². The molecular formula is C20H25NO3. The first-order valence-corrected chi connectivity index (χ1v) is 8.56. The third kappa shape index (κ3) is 5.64. The van der Waals surface area contributed by atoms with Crippen LogP contribution in [0.5, 0.6) is 5.75 Å². The molecule has 0 amide bonds. The number of morpholine rings is 1. The molecule has 1 aliphatic rings. The minimum absolute atomic E-state index is 0.272. The molecule has 4 heteroatoms. The summed E-state index contributed by atoms with van der Waals surface area (Å²) in [6.07, 6.45) is 1.21. The fourth-order valence-corrected chi connectivity index (χ4v) is 2.79. The van der Waals surface area contributed by atoms with Crippen LogP contribution in [-0.2, 0) is 22.5 Å². The molecule has 0 spiro atoms. The highest BCUT2D eigenvalue weighted by atomic mass is 16.5. The van der Waals surface area contributed by atoms with Gasteiger partial charge in [0.05, 0.1) is 25.9 Å². The minimum atomic E-state index is 0.272. The Morgan fingerprint density at radius 3 is 2.71 bits per heavy atom. The van der Waals surface area contributed by atoms with E-state index < -0.39 is 0 Å². The molecule has 2 aromatic rings. The van der Waals surface area contributed by atoms with Gasteiger partial charge in [0.25, 0.3) is 0 Å². The molecule has 1 fully saturated rings. The SMILES string of the molecule is c1ccc(OCCOCc2cccc(C[C@@H]3CNCCO3)c2)cc1. The molecule has 0 saturated carbocycles. The van der Waals surface area contributed by atoms with E-state index in [1.807, 2.05) is 30.3 Å². The Kier molecular flexibility index (Phi) is 6.66. The van der Waals surface area contributed by atoms with E-state index in [4.69, 9.17) is 14.2 Å². The van der Waals surface area contributed by atoms with E-state index in [0.29, 0.717) is 19.8 Å². The lowest BCUT2D eigenvalue weighted by Crippen LogP contribution is -2.39. The van der Waals surface area contributed by atoms with E-state index in [0.717, 1.165) is 31.9 Å². The lowest BCUT2D eigenvalue weighted by atomic mass is 10.0. The van der Waals surface area contributed by atoms with Gasteiger partial charge in [-0.2, -0.15) is 0 Å². The summed E-state index contributed by atoms with van der Waals surface area (Å²) in [6.45, 7) is 4.43. The van der Waals surface area contributed by atoms with Crippen molar-refractivity contribution >= 4 is 0 Å². The molecule has 2 aromatic carbocycles. The van der Waals surface area contributed by atoms with Crippen LogP contribution in [0.1, 0.15) is 11.1 Å². The molecule has 0 bridgehead atoms. The summed E-state index contributed by atoms with van der Waals surface area (Å²) >= 11 is 0. The van der Waals surface area contributed by atoms with Crippen molar-refractivity contribution in [2.24, 2.45) is 0 Å². The highest BCUT2D eigenvalue weighted by Gasteiger charge is 2.13. The van der Waals surface area contributed by atoms with Crippen molar-refractivity contribution in [3.05, 3.63) is 65.7 Å². The van der Waals surface area contributed by atoms with Crippen LogP contribution < -0.4 is 10.1 Å². The summed E-state index contributed by atoms with van der Waals surface area (Å²) in [5, 5.41) is 3.37. The molecule has 1 aliphatic heterocycles. The van der Waals surface area contributed by atoms with Crippen LogP contribution in [0, 0.1) is 0 Å². The normalized spacial score (nSPS) is 17.6. The van der Waals surface area contributed by atoms with Crippen LogP contribution in [0.2, 0.25) is 0 Å². The third-order valence-electron chi connectivity index (χ3n) is 3.97. The molecule has 1 saturated heterocycles. The van der Waals surface area contributed by atoms with Crippen LogP contribution in [-0.4, -0.2) is 39.0 Å². The molecule has 1 atom stereocenters. The Morgan fingerprint density at radius 1 is 1.00 bits per heavy atom. The van der Waals surface area contributed by atoms with Crippen LogP contribution in [0.25, 0.3) is 0 Å². The van der Waals surface area contributed by atoms with E-state index >= 15 is 0 Å². The molecule has 0 aromatic heterocycles. The summed E-state index contributed by atoms with van der Waals surface area (Å²) in [5.41, 5.74) is 2.49. The Labute approximate surface area is 143 Å². The number of rotatable bonds is 8. The first-order valence-electron chi connectivity index (χ1n) is 8.56. The van der Waals surface area contributed by atoms with E-state index in [-0.39, 0.29) is 6.10 Å². The topological polar surface area (TPSA) is 39.7 Å². The second-order valence-corrected chi connectivity index (χ2v) is 5.94. The van der Waals surface area contributed by atoms with E-state index in [9.17, 15) is 0 Å². The van der Waals surface area contributed by atoms with Crippen molar-refractivity contribution in [3.63, 3.8) is 0 Å². The predicted octanol–water partition coefficient (Wildman–Crippen LogP) is 2.81. The van der Waals surface area contributed by atoms with Crippen molar-refractivity contribution in [3.8, 4) is 5.75 Å². The van der Waals surface area contributed by atoms with Crippen LogP contribution in [0.4, 0.5) is 0 Å². The zero-order valence-corrected chi connectivity index (χ0v) is 13.9. The first kappa shape index (κ1) is 17.0. The molecule has 0 radical (unpaired) electrons. The third-order valence-corrected chi connectivity index (χ3v) is 3.97. The van der Waals surface area contributed by atoms with Gasteiger partial charge in [-0.05, 0) is 29.7 Å². The second kappa shape index (κ2) is 9.42. The largest absolute Gasteiger partial charge is 0.491 e. The zero-order chi connectivity index (χ0) is 16.5. The highest BCUT2D eigenvalue weighted by Crippen LogP contribution is 2.12. The average Bonchev–Trinajstić information content (AvgIpc) is 2.63. The molecular weight excluding hydrogens is 302 g/mol. The van der Waals surface area contributed by atoms with Gasteiger partial charge in [0.1, 0.15) is 12.4 Å². The maximum atomic E-state index is 5.77. The molecule has 1 heterocycles. The number of ether oxygens (including phenoxy) is 3. The maximum absolute atomic E-state index is 5.77. The Balaban J connectivity index is 1.38. The second-order valence-electron chi connectivity index (χ2n) is 5.94. The van der Waals surface area contributed by atoms with Gasteiger partial charge in [-0.1, -0.05) is 42.5 Å². The number of benzene rings is 2. The summed E-state index contributed by atoms with van der Waals surface area (Å²) in [5.74, 6) is 0.879. The Bertz CT molecular complexity index is 597. The number of para-hydroxylation sites is 1. The lowest BCUT2D eigenvalue weighted by molar-refractivity contribution is 0.0292. The smallest absolute Gasteiger partial charge is 0.119 e. The van der Waals surface area contributed by atoms with Crippen LogP contribution in [0.3, 0.4) is 0 Å². The van der Waals surface area contributed by atoms with E-state index in [1.54, 1.807) is 0 Å². The summed E-state index contributed by atoms with van der Waals surface area (Å²) in [6, 6.07) is 18.4. The average molecular weight is 327 g/mol. The first-order chi connectivity index (χ1) is 11.9. The van der Waals surface area contributed by atoms with Gasteiger partial charge in [0.15, 0.2) is 0 Å².